The van der Waals surface area contributed by atoms with Crippen molar-refractivity contribution in [3.63, 3.8) is 0 Å². The van der Waals surface area contributed by atoms with E-state index in [1.165, 1.54) is 5.56 Å². The molecule has 0 bridgehead atoms. The first-order valence-electron chi connectivity index (χ1n) is 7.66. The summed E-state index contributed by atoms with van der Waals surface area (Å²) in [6.07, 6.45) is 3.23. The summed E-state index contributed by atoms with van der Waals surface area (Å²) < 4.78 is 0.956. The average molecular weight is 372 g/mol. The number of carbonyl (C=O) groups is 1. The molecule has 0 spiro atoms. The van der Waals surface area contributed by atoms with E-state index >= 15 is 0 Å². The highest BCUT2D eigenvalue weighted by Gasteiger charge is 2.17. The minimum Gasteiger partial charge on any atom is -0.478 e. The third-order valence-electron chi connectivity index (χ3n) is 4.03. The second-order valence-corrected chi connectivity index (χ2v) is 6.60. The Hall–Kier alpha value is -2.07. The molecule has 23 heavy (non-hydrogen) atoms. The monoisotopic (exact) mass is 371 g/mol. The van der Waals surface area contributed by atoms with Gasteiger partial charge in [-0.25, -0.2) is 4.79 Å². The molecule has 3 nitrogen and oxygen atoms in total. The van der Waals surface area contributed by atoms with E-state index in [0.717, 1.165) is 35.2 Å². The average Bonchev–Trinajstić information content (AvgIpc) is 2.52. The number of rotatable bonds is 3. The zero-order valence-corrected chi connectivity index (χ0v) is 14.3. The molecule has 1 N–H and O–H groups in total. The van der Waals surface area contributed by atoms with Crippen molar-refractivity contribution in [2.75, 3.05) is 11.4 Å². The summed E-state index contributed by atoms with van der Waals surface area (Å²) in [7, 11) is 0. The fourth-order valence-corrected chi connectivity index (χ4v) is 3.29. The number of carboxylic acids is 1. The molecule has 3 rings (SSSR count). The van der Waals surface area contributed by atoms with Crippen LogP contribution in [0, 0.1) is 0 Å². The number of aliphatic carboxylic acids is 1. The van der Waals surface area contributed by atoms with E-state index in [1.807, 2.05) is 30.3 Å². The van der Waals surface area contributed by atoms with E-state index in [9.17, 15) is 9.90 Å². The van der Waals surface area contributed by atoms with Crippen molar-refractivity contribution in [2.45, 2.75) is 19.4 Å². The third-order valence-corrected chi connectivity index (χ3v) is 4.52. The van der Waals surface area contributed by atoms with E-state index in [4.69, 9.17) is 0 Å². The lowest BCUT2D eigenvalue weighted by Gasteiger charge is -2.28. The molecule has 0 atom stereocenters. The smallest absolute Gasteiger partial charge is 0.331 e. The van der Waals surface area contributed by atoms with Crippen molar-refractivity contribution in [1.82, 2.24) is 0 Å². The number of carboxylic acid groups (broad SMARTS) is 1. The number of anilines is 1. The standard InChI is InChI=1S/C19H18BrNO2/c20-17-8-9-18-16(12-17)11-15(19(22)23)7-4-10-21(18)13-14-5-2-1-3-6-14/h1-3,5-6,8-9,11-12H,4,7,10,13H2,(H,22,23)/b15-11+. The minimum absolute atomic E-state index is 0.476. The molecule has 0 saturated carbocycles. The Labute approximate surface area is 144 Å². The Balaban J connectivity index is 2.00. The number of halogens is 1. The molecule has 0 aliphatic carbocycles. The van der Waals surface area contributed by atoms with Gasteiger partial charge in [-0.1, -0.05) is 46.3 Å². The van der Waals surface area contributed by atoms with Crippen LogP contribution in [0.5, 0.6) is 0 Å². The number of benzene rings is 2. The van der Waals surface area contributed by atoms with Gasteiger partial charge in [-0.15, -0.1) is 0 Å². The Kier molecular flexibility index (Phi) is 4.82. The highest BCUT2D eigenvalue weighted by Crippen LogP contribution is 2.31. The molecule has 1 aliphatic heterocycles. The fourth-order valence-electron chi connectivity index (χ4n) is 2.91. The minimum atomic E-state index is -0.826. The first kappa shape index (κ1) is 15.8. The van der Waals surface area contributed by atoms with Crippen LogP contribution in [0.3, 0.4) is 0 Å². The highest BCUT2D eigenvalue weighted by atomic mass is 79.9. The molecule has 4 heteroatoms. The molecular formula is C19H18BrNO2. The lowest BCUT2D eigenvalue weighted by atomic mass is 10.0. The molecule has 2 aromatic carbocycles. The largest absolute Gasteiger partial charge is 0.478 e. The van der Waals surface area contributed by atoms with Gasteiger partial charge in [0.15, 0.2) is 0 Å². The first-order valence-corrected chi connectivity index (χ1v) is 8.45. The second kappa shape index (κ2) is 7.01. The lowest BCUT2D eigenvalue weighted by Crippen LogP contribution is -2.26. The second-order valence-electron chi connectivity index (χ2n) is 5.69. The van der Waals surface area contributed by atoms with Crippen LogP contribution in [0.1, 0.15) is 24.0 Å². The van der Waals surface area contributed by atoms with E-state index < -0.39 is 5.97 Å². The Morgan fingerprint density at radius 2 is 1.96 bits per heavy atom. The molecule has 0 aromatic heterocycles. The molecule has 0 radical (unpaired) electrons. The van der Waals surface area contributed by atoms with Crippen LogP contribution in [0.2, 0.25) is 0 Å². The van der Waals surface area contributed by atoms with Crippen LogP contribution in [0.4, 0.5) is 5.69 Å². The summed E-state index contributed by atoms with van der Waals surface area (Å²) in [4.78, 5) is 13.7. The Morgan fingerprint density at radius 1 is 1.17 bits per heavy atom. The van der Waals surface area contributed by atoms with Gasteiger partial charge in [0, 0.05) is 28.8 Å². The zero-order valence-electron chi connectivity index (χ0n) is 12.7. The molecular weight excluding hydrogens is 354 g/mol. The summed E-state index contributed by atoms with van der Waals surface area (Å²) in [5.41, 5.74) is 3.76. The van der Waals surface area contributed by atoms with Gasteiger partial charge in [0.2, 0.25) is 0 Å². The van der Waals surface area contributed by atoms with Crippen molar-refractivity contribution < 1.29 is 9.90 Å². The normalized spacial score (nSPS) is 16.7. The van der Waals surface area contributed by atoms with Crippen LogP contribution < -0.4 is 4.90 Å². The van der Waals surface area contributed by atoms with Gasteiger partial charge in [-0.05, 0) is 48.2 Å². The van der Waals surface area contributed by atoms with Gasteiger partial charge in [0.25, 0.3) is 0 Å². The lowest BCUT2D eigenvalue weighted by molar-refractivity contribution is -0.132. The summed E-state index contributed by atoms with van der Waals surface area (Å²) in [6, 6.07) is 16.4. The molecule has 1 heterocycles. The molecule has 0 unspecified atom stereocenters. The van der Waals surface area contributed by atoms with Crippen LogP contribution in [-0.2, 0) is 11.3 Å². The number of nitrogens with zero attached hydrogens (tertiary/aromatic N) is 1. The summed E-state index contributed by atoms with van der Waals surface area (Å²) in [5, 5.41) is 9.36. The van der Waals surface area contributed by atoms with Gasteiger partial charge < -0.3 is 10.0 Å². The van der Waals surface area contributed by atoms with Crippen LogP contribution in [-0.4, -0.2) is 17.6 Å². The number of hydrogen-bond acceptors (Lipinski definition) is 2. The van der Waals surface area contributed by atoms with Gasteiger partial charge in [0.1, 0.15) is 0 Å². The van der Waals surface area contributed by atoms with Gasteiger partial charge in [-0.2, -0.15) is 0 Å². The molecule has 0 amide bonds. The predicted molar refractivity (Wildman–Crippen MR) is 96.5 cm³/mol. The van der Waals surface area contributed by atoms with Gasteiger partial charge in [0.05, 0.1) is 0 Å². The SMILES string of the molecule is O=C(O)/C1=C/c2cc(Br)ccc2N(Cc2ccccc2)CCC1. The molecule has 1 aliphatic rings. The van der Waals surface area contributed by atoms with E-state index in [0.29, 0.717) is 12.0 Å². The zero-order chi connectivity index (χ0) is 16.2. The van der Waals surface area contributed by atoms with Crippen LogP contribution in [0.15, 0.2) is 58.6 Å². The molecule has 0 saturated heterocycles. The molecule has 0 fully saturated rings. The molecule has 2 aromatic rings. The van der Waals surface area contributed by atoms with E-state index in [-0.39, 0.29) is 0 Å². The predicted octanol–water partition coefficient (Wildman–Crippen LogP) is 4.72. The number of fused-ring (bicyclic) bond motifs is 1. The Bertz CT molecular complexity index is 740. The highest BCUT2D eigenvalue weighted by molar-refractivity contribution is 9.10. The fraction of sp³-hybridized carbons (Fsp3) is 0.211. The van der Waals surface area contributed by atoms with Crippen LogP contribution >= 0.6 is 15.9 Å². The maximum atomic E-state index is 11.4. The summed E-state index contributed by atoms with van der Waals surface area (Å²) in [5.74, 6) is -0.826. The van der Waals surface area contributed by atoms with Crippen molar-refractivity contribution in [1.29, 1.82) is 0 Å². The maximum absolute atomic E-state index is 11.4. The van der Waals surface area contributed by atoms with Crippen molar-refractivity contribution in [3.05, 3.63) is 69.7 Å². The van der Waals surface area contributed by atoms with Crippen molar-refractivity contribution in [3.8, 4) is 0 Å². The van der Waals surface area contributed by atoms with Gasteiger partial charge in [-0.3, -0.25) is 0 Å². The van der Waals surface area contributed by atoms with Crippen molar-refractivity contribution in [2.24, 2.45) is 0 Å². The summed E-state index contributed by atoms with van der Waals surface area (Å²) in [6.45, 7) is 1.67. The third kappa shape index (κ3) is 3.82. The quantitative estimate of drug-likeness (QED) is 0.848. The number of hydrogen-bond donors (Lipinski definition) is 1. The van der Waals surface area contributed by atoms with Crippen LogP contribution in [0.25, 0.3) is 6.08 Å². The van der Waals surface area contributed by atoms with Gasteiger partial charge >= 0.3 is 5.97 Å². The first-order chi connectivity index (χ1) is 11.1. The Morgan fingerprint density at radius 3 is 2.70 bits per heavy atom. The summed E-state index contributed by atoms with van der Waals surface area (Å²) >= 11 is 3.48. The van der Waals surface area contributed by atoms with Crippen molar-refractivity contribution >= 4 is 33.7 Å². The molecule has 118 valence electrons. The maximum Gasteiger partial charge on any atom is 0.331 e. The van der Waals surface area contributed by atoms with E-state index in [2.05, 4.69) is 39.0 Å². The van der Waals surface area contributed by atoms with E-state index in [1.54, 1.807) is 6.08 Å². The topological polar surface area (TPSA) is 40.5 Å².